The Morgan fingerprint density at radius 2 is 2.00 bits per heavy atom. The Kier molecular flexibility index (Phi) is 3.88. The maximum atomic E-state index is 11.6. The highest BCUT2D eigenvalue weighted by molar-refractivity contribution is 5.91. The molecule has 0 bridgehead atoms. The van der Waals surface area contributed by atoms with Crippen molar-refractivity contribution in [2.45, 2.75) is 19.9 Å². The smallest absolute Gasteiger partial charge is 0.308 e. The fraction of sp³-hybridized carbons (Fsp3) is 0.545. The van der Waals surface area contributed by atoms with Crippen molar-refractivity contribution in [2.75, 3.05) is 14.1 Å². The van der Waals surface area contributed by atoms with Crippen LogP contribution in [0.1, 0.15) is 30.4 Å². The molecule has 6 heteroatoms. The molecule has 0 radical (unpaired) electrons. The zero-order valence-corrected chi connectivity index (χ0v) is 10.4. The second-order valence-electron chi connectivity index (χ2n) is 4.25. The molecule has 1 rings (SSSR count). The molecule has 2 unspecified atom stereocenters. The Morgan fingerprint density at radius 3 is 2.47 bits per heavy atom. The van der Waals surface area contributed by atoms with E-state index in [1.54, 1.807) is 40.2 Å². The second-order valence-corrected chi connectivity index (χ2v) is 4.25. The molecule has 2 atom stereocenters. The molecule has 1 aromatic heterocycles. The normalized spacial score (nSPS) is 14.1. The van der Waals surface area contributed by atoms with E-state index in [1.807, 2.05) is 0 Å². The SMILES string of the molecule is CC(C(=O)O)C(C)n1ccc(C(=O)N(C)C)n1. The first-order chi connectivity index (χ1) is 7.84. The fourth-order valence-corrected chi connectivity index (χ4v) is 1.34. The zero-order valence-electron chi connectivity index (χ0n) is 10.4. The molecule has 0 saturated heterocycles. The van der Waals surface area contributed by atoms with Gasteiger partial charge < -0.3 is 10.0 Å². The molecule has 1 aromatic rings. The lowest BCUT2D eigenvalue weighted by atomic mass is 10.1. The highest BCUT2D eigenvalue weighted by atomic mass is 16.4. The van der Waals surface area contributed by atoms with E-state index in [9.17, 15) is 9.59 Å². The fourth-order valence-electron chi connectivity index (χ4n) is 1.34. The van der Waals surface area contributed by atoms with Crippen LogP contribution in [-0.4, -0.2) is 45.8 Å². The number of carbonyl (C=O) groups excluding carboxylic acids is 1. The van der Waals surface area contributed by atoms with E-state index in [1.165, 1.54) is 9.58 Å². The average Bonchev–Trinajstić information content (AvgIpc) is 2.74. The second kappa shape index (κ2) is 4.99. The van der Waals surface area contributed by atoms with E-state index >= 15 is 0 Å². The number of carboxylic acids is 1. The Labute approximate surface area is 99.8 Å². The van der Waals surface area contributed by atoms with Crippen LogP contribution in [-0.2, 0) is 4.79 Å². The topological polar surface area (TPSA) is 75.4 Å². The molecule has 0 aliphatic rings. The number of carboxylic acid groups (broad SMARTS) is 1. The number of amides is 1. The molecule has 17 heavy (non-hydrogen) atoms. The summed E-state index contributed by atoms with van der Waals surface area (Å²) in [4.78, 5) is 23.9. The number of aromatic nitrogens is 2. The minimum Gasteiger partial charge on any atom is -0.481 e. The molecule has 0 aliphatic carbocycles. The van der Waals surface area contributed by atoms with Gasteiger partial charge in [0.1, 0.15) is 5.69 Å². The van der Waals surface area contributed by atoms with Gasteiger partial charge in [-0.1, -0.05) is 0 Å². The Bertz CT molecular complexity index is 425. The zero-order chi connectivity index (χ0) is 13.2. The van der Waals surface area contributed by atoms with Gasteiger partial charge in [-0.05, 0) is 19.9 Å². The van der Waals surface area contributed by atoms with Gasteiger partial charge in [-0.15, -0.1) is 0 Å². The van der Waals surface area contributed by atoms with Gasteiger partial charge in [0.25, 0.3) is 5.91 Å². The number of rotatable bonds is 4. The summed E-state index contributed by atoms with van der Waals surface area (Å²) in [5.41, 5.74) is 0.319. The number of nitrogens with zero attached hydrogens (tertiary/aromatic N) is 3. The van der Waals surface area contributed by atoms with Crippen LogP contribution in [0.25, 0.3) is 0 Å². The summed E-state index contributed by atoms with van der Waals surface area (Å²) in [6, 6.07) is 1.30. The molecular weight excluding hydrogens is 222 g/mol. The molecular formula is C11H17N3O3. The molecule has 0 saturated carbocycles. The predicted octanol–water partition coefficient (Wildman–Crippen LogP) is 0.867. The number of aliphatic carboxylic acids is 1. The quantitative estimate of drug-likeness (QED) is 0.845. The third kappa shape index (κ3) is 2.83. The van der Waals surface area contributed by atoms with Gasteiger partial charge in [-0.25, -0.2) is 0 Å². The monoisotopic (exact) mass is 239 g/mol. The van der Waals surface area contributed by atoms with Crippen LogP contribution in [0.2, 0.25) is 0 Å². The Morgan fingerprint density at radius 1 is 1.41 bits per heavy atom. The molecule has 94 valence electrons. The molecule has 0 aromatic carbocycles. The van der Waals surface area contributed by atoms with Crippen LogP contribution in [0.5, 0.6) is 0 Å². The maximum absolute atomic E-state index is 11.6. The third-order valence-corrected chi connectivity index (χ3v) is 2.76. The van der Waals surface area contributed by atoms with Gasteiger partial charge in [-0.3, -0.25) is 14.3 Å². The van der Waals surface area contributed by atoms with Gasteiger partial charge in [0.2, 0.25) is 0 Å². The van der Waals surface area contributed by atoms with Crippen molar-refractivity contribution in [1.82, 2.24) is 14.7 Å². The van der Waals surface area contributed by atoms with Crippen LogP contribution in [0.3, 0.4) is 0 Å². The lowest BCUT2D eigenvalue weighted by Gasteiger charge is -2.16. The van der Waals surface area contributed by atoms with E-state index in [-0.39, 0.29) is 11.9 Å². The summed E-state index contributed by atoms with van der Waals surface area (Å²) >= 11 is 0. The lowest BCUT2D eigenvalue weighted by Crippen LogP contribution is -2.24. The van der Waals surface area contributed by atoms with Gasteiger partial charge in [0, 0.05) is 20.3 Å². The standard InChI is InChI=1S/C11H17N3O3/c1-7(11(16)17)8(2)14-6-5-9(12-14)10(15)13(3)4/h5-8H,1-4H3,(H,16,17). The highest BCUT2D eigenvalue weighted by Crippen LogP contribution is 2.17. The van der Waals surface area contributed by atoms with Crippen molar-refractivity contribution in [2.24, 2.45) is 5.92 Å². The van der Waals surface area contributed by atoms with Crippen molar-refractivity contribution < 1.29 is 14.7 Å². The van der Waals surface area contributed by atoms with Gasteiger partial charge in [0.05, 0.1) is 12.0 Å². The maximum Gasteiger partial charge on any atom is 0.308 e. The molecule has 0 aliphatic heterocycles. The van der Waals surface area contributed by atoms with Crippen LogP contribution in [0.15, 0.2) is 12.3 Å². The third-order valence-electron chi connectivity index (χ3n) is 2.76. The Balaban J connectivity index is 2.88. The van der Waals surface area contributed by atoms with Gasteiger partial charge >= 0.3 is 5.97 Å². The van der Waals surface area contributed by atoms with E-state index < -0.39 is 11.9 Å². The minimum absolute atomic E-state index is 0.195. The number of hydrogen-bond donors (Lipinski definition) is 1. The summed E-state index contributed by atoms with van der Waals surface area (Å²) in [5, 5.41) is 13.0. The van der Waals surface area contributed by atoms with E-state index in [0.29, 0.717) is 5.69 Å². The highest BCUT2D eigenvalue weighted by Gasteiger charge is 2.22. The van der Waals surface area contributed by atoms with Gasteiger partial charge in [0.15, 0.2) is 0 Å². The van der Waals surface area contributed by atoms with E-state index in [2.05, 4.69) is 5.10 Å². The van der Waals surface area contributed by atoms with Crippen molar-refractivity contribution >= 4 is 11.9 Å². The van der Waals surface area contributed by atoms with Crippen LogP contribution < -0.4 is 0 Å². The minimum atomic E-state index is -0.881. The number of carbonyl (C=O) groups is 2. The van der Waals surface area contributed by atoms with E-state index in [4.69, 9.17) is 5.11 Å². The average molecular weight is 239 g/mol. The first-order valence-corrected chi connectivity index (χ1v) is 5.34. The largest absolute Gasteiger partial charge is 0.481 e. The molecule has 1 amide bonds. The van der Waals surface area contributed by atoms with Crippen LogP contribution >= 0.6 is 0 Å². The van der Waals surface area contributed by atoms with Crippen LogP contribution in [0.4, 0.5) is 0 Å². The first-order valence-electron chi connectivity index (χ1n) is 5.34. The van der Waals surface area contributed by atoms with E-state index in [0.717, 1.165) is 0 Å². The summed E-state index contributed by atoms with van der Waals surface area (Å²) in [6.45, 7) is 3.37. The van der Waals surface area contributed by atoms with Crippen molar-refractivity contribution in [3.63, 3.8) is 0 Å². The molecule has 1 N–H and O–H groups in total. The van der Waals surface area contributed by atoms with Crippen molar-refractivity contribution in [1.29, 1.82) is 0 Å². The summed E-state index contributed by atoms with van der Waals surface area (Å²) in [6.07, 6.45) is 1.63. The predicted molar refractivity (Wildman–Crippen MR) is 61.8 cm³/mol. The van der Waals surface area contributed by atoms with Crippen LogP contribution in [0, 0.1) is 5.92 Å². The lowest BCUT2D eigenvalue weighted by molar-refractivity contribution is -0.142. The van der Waals surface area contributed by atoms with Gasteiger partial charge in [-0.2, -0.15) is 5.10 Å². The Hall–Kier alpha value is -1.85. The summed E-state index contributed by atoms with van der Waals surface area (Å²) in [7, 11) is 3.29. The molecule has 6 nitrogen and oxygen atoms in total. The molecule has 1 heterocycles. The molecule has 0 spiro atoms. The van der Waals surface area contributed by atoms with Crippen molar-refractivity contribution in [3.8, 4) is 0 Å². The number of hydrogen-bond acceptors (Lipinski definition) is 3. The first kappa shape index (κ1) is 13.2. The van der Waals surface area contributed by atoms with Crippen molar-refractivity contribution in [3.05, 3.63) is 18.0 Å². The molecule has 0 fully saturated rings. The summed E-state index contributed by atoms with van der Waals surface area (Å²) in [5.74, 6) is -1.63. The summed E-state index contributed by atoms with van der Waals surface area (Å²) < 4.78 is 1.51.